The van der Waals surface area contributed by atoms with E-state index in [9.17, 15) is 8.42 Å². The number of ether oxygens (including phenoxy) is 1. The van der Waals surface area contributed by atoms with Crippen LogP contribution in [0.15, 0.2) is 23.1 Å². The number of sulfonamides is 1. The highest BCUT2D eigenvalue weighted by Gasteiger charge is 2.21. The molecule has 0 saturated heterocycles. The van der Waals surface area contributed by atoms with E-state index in [2.05, 4.69) is 20.7 Å². The lowest BCUT2D eigenvalue weighted by molar-refractivity contribution is 0.182. The van der Waals surface area contributed by atoms with Crippen LogP contribution in [0.25, 0.3) is 0 Å². The van der Waals surface area contributed by atoms with Gasteiger partial charge in [0.1, 0.15) is 0 Å². The molecule has 1 N–H and O–H groups in total. The van der Waals surface area contributed by atoms with Crippen molar-refractivity contribution in [2.24, 2.45) is 0 Å². The Hall–Kier alpha value is -0.430. The maximum absolute atomic E-state index is 12.3. The third kappa shape index (κ3) is 3.56. The Morgan fingerprint density at radius 2 is 2.11 bits per heavy atom. The number of rotatable bonds is 6. The minimum Gasteiger partial charge on any atom is -0.383 e. The maximum Gasteiger partial charge on any atom is 0.240 e. The first kappa shape index (κ1) is 15.0. The van der Waals surface area contributed by atoms with Crippen LogP contribution in [-0.4, -0.2) is 33.5 Å². The number of nitrogens with one attached hydrogen (secondary N) is 1. The van der Waals surface area contributed by atoms with Gasteiger partial charge in [-0.1, -0.05) is 22.0 Å². The predicted molar refractivity (Wildman–Crippen MR) is 78.2 cm³/mol. The minimum atomic E-state index is -3.48. The molecule has 0 heterocycles. The number of halogens is 1. The highest BCUT2D eigenvalue weighted by molar-refractivity contribution is 9.09. The molecule has 1 aliphatic carbocycles. The molecule has 2 rings (SSSR count). The summed E-state index contributed by atoms with van der Waals surface area (Å²) in [6, 6.07) is 5.15. The lowest BCUT2D eigenvalue weighted by Crippen LogP contribution is -2.39. The van der Waals surface area contributed by atoms with E-state index in [1.54, 1.807) is 19.2 Å². The smallest absolute Gasteiger partial charge is 0.240 e. The fourth-order valence-electron chi connectivity index (χ4n) is 2.31. The van der Waals surface area contributed by atoms with E-state index < -0.39 is 10.0 Å². The third-order valence-corrected chi connectivity index (χ3v) is 5.56. The van der Waals surface area contributed by atoms with Crippen molar-refractivity contribution in [2.45, 2.75) is 30.2 Å². The van der Waals surface area contributed by atoms with Gasteiger partial charge < -0.3 is 4.74 Å². The second-order valence-corrected chi connectivity index (χ2v) is 7.07. The van der Waals surface area contributed by atoms with Crippen LogP contribution in [-0.2, 0) is 27.6 Å². The van der Waals surface area contributed by atoms with Gasteiger partial charge in [0.25, 0.3) is 0 Å². The molecule has 1 unspecified atom stereocenters. The molecular weight excluding hydrogens is 330 g/mol. The molecule has 1 aromatic rings. The van der Waals surface area contributed by atoms with E-state index >= 15 is 0 Å². The van der Waals surface area contributed by atoms with Gasteiger partial charge in [0, 0.05) is 12.4 Å². The molecule has 19 heavy (non-hydrogen) atoms. The van der Waals surface area contributed by atoms with Gasteiger partial charge in [-0.15, -0.1) is 0 Å². The summed E-state index contributed by atoms with van der Waals surface area (Å²) in [7, 11) is -1.92. The largest absolute Gasteiger partial charge is 0.383 e. The van der Waals surface area contributed by atoms with Crippen LogP contribution in [0.3, 0.4) is 0 Å². The fraction of sp³-hybridized carbons (Fsp3) is 0.538. The fourth-order valence-corrected chi connectivity index (χ4v) is 4.15. The number of fused-ring (bicyclic) bond motifs is 1. The monoisotopic (exact) mass is 347 g/mol. The Morgan fingerprint density at radius 3 is 2.79 bits per heavy atom. The average molecular weight is 348 g/mol. The number of aryl methyl sites for hydroxylation is 2. The van der Waals surface area contributed by atoms with Gasteiger partial charge in [-0.05, 0) is 42.5 Å². The molecule has 6 heteroatoms. The zero-order valence-corrected chi connectivity index (χ0v) is 13.3. The summed E-state index contributed by atoms with van der Waals surface area (Å²) < 4.78 is 32.2. The number of hydrogen-bond acceptors (Lipinski definition) is 3. The Bertz CT molecular complexity index is 545. The second kappa shape index (κ2) is 6.35. The molecule has 0 aromatic heterocycles. The van der Waals surface area contributed by atoms with E-state index in [1.807, 2.05) is 6.07 Å². The third-order valence-electron chi connectivity index (χ3n) is 3.26. The number of methoxy groups -OCH3 is 1. The molecule has 0 bridgehead atoms. The minimum absolute atomic E-state index is 0.261. The summed E-state index contributed by atoms with van der Waals surface area (Å²) in [6.45, 7) is 0.343. The first-order chi connectivity index (χ1) is 9.06. The molecular formula is C13H18BrNO3S. The second-order valence-electron chi connectivity index (χ2n) is 4.71. The summed E-state index contributed by atoms with van der Waals surface area (Å²) in [4.78, 5) is 0.343. The van der Waals surface area contributed by atoms with Crippen LogP contribution in [0, 0.1) is 0 Å². The van der Waals surface area contributed by atoms with E-state index in [0.717, 1.165) is 24.8 Å². The van der Waals surface area contributed by atoms with Crippen molar-refractivity contribution in [1.29, 1.82) is 0 Å². The van der Waals surface area contributed by atoms with Crippen LogP contribution < -0.4 is 4.72 Å². The van der Waals surface area contributed by atoms with Crippen LogP contribution in [0.4, 0.5) is 0 Å². The van der Waals surface area contributed by atoms with Gasteiger partial charge in [0.15, 0.2) is 0 Å². The summed E-state index contributed by atoms with van der Waals surface area (Å²) in [5.74, 6) is 0. The normalized spacial score (nSPS) is 16.3. The summed E-state index contributed by atoms with van der Waals surface area (Å²) in [5.41, 5.74) is 2.43. The molecule has 0 aliphatic heterocycles. The first-order valence-corrected chi connectivity index (χ1v) is 8.86. The molecule has 0 saturated carbocycles. The Labute approximate surface area is 122 Å². The average Bonchev–Trinajstić information content (AvgIpc) is 2.85. The van der Waals surface area contributed by atoms with Gasteiger partial charge >= 0.3 is 0 Å². The summed E-state index contributed by atoms with van der Waals surface area (Å²) in [5, 5.41) is 0.519. The quantitative estimate of drug-likeness (QED) is 0.799. The van der Waals surface area contributed by atoms with Crippen molar-refractivity contribution in [3.8, 4) is 0 Å². The lowest BCUT2D eigenvalue weighted by Gasteiger charge is -2.16. The molecule has 1 aromatic carbocycles. The van der Waals surface area contributed by atoms with Gasteiger partial charge in [0.2, 0.25) is 10.0 Å². The summed E-state index contributed by atoms with van der Waals surface area (Å²) in [6.07, 6.45) is 3.13. The maximum atomic E-state index is 12.3. The van der Waals surface area contributed by atoms with E-state index in [0.29, 0.717) is 16.8 Å². The topological polar surface area (TPSA) is 55.4 Å². The van der Waals surface area contributed by atoms with Crippen molar-refractivity contribution >= 4 is 26.0 Å². The number of hydrogen-bond donors (Lipinski definition) is 1. The van der Waals surface area contributed by atoms with Crippen molar-refractivity contribution in [2.75, 3.05) is 19.0 Å². The molecule has 0 fully saturated rings. The molecule has 4 nitrogen and oxygen atoms in total. The number of alkyl halides is 1. The van der Waals surface area contributed by atoms with E-state index in [4.69, 9.17) is 4.74 Å². The van der Waals surface area contributed by atoms with Gasteiger partial charge in [-0.2, -0.15) is 0 Å². The Morgan fingerprint density at radius 1 is 1.37 bits per heavy atom. The van der Waals surface area contributed by atoms with Crippen LogP contribution in [0.1, 0.15) is 17.5 Å². The van der Waals surface area contributed by atoms with E-state index in [-0.39, 0.29) is 6.04 Å². The zero-order chi connectivity index (χ0) is 13.9. The SMILES string of the molecule is COCC(CBr)NS(=O)(=O)c1ccc2c(c1)CCC2. The first-order valence-electron chi connectivity index (χ1n) is 6.26. The molecule has 0 spiro atoms. The Kier molecular flexibility index (Phi) is 5.00. The molecule has 0 radical (unpaired) electrons. The van der Waals surface area contributed by atoms with E-state index in [1.165, 1.54) is 5.56 Å². The van der Waals surface area contributed by atoms with Crippen LogP contribution in [0.2, 0.25) is 0 Å². The molecule has 1 aliphatic rings. The predicted octanol–water partition coefficient (Wildman–Crippen LogP) is 1.86. The summed E-state index contributed by atoms with van der Waals surface area (Å²) >= 11 is 3.28. The van der Waals surface area contributed by atoms with Crippen molar-refractivity contribution in [3.63, 3.8) is 0 Å². The highest BCUT2D eigenvalue weighted by atomic mass is 79.9. The van der Waals surface area contributed by atoms with Gasteiger partial charge in [-0.3, -0.25) is 0 Å². The molecule has 1 atom stereocenters. The number of benzene rings is 1. The van der Waals surface area contributed by atoms with Crippen LogP contribution in [0.5, 0.6) is 0 Å². The lowest BCUT2D eigenvalue weighted by atomic mass is 10.1. The van der Waals surface area contributed by atoms with Crippen molar-refractivity contribution in [1.82, 2.24) is 4.72 Å². The van der Waals surface area contributed by atoms with Gasteiger partial charge in [-0.25, -0.2) is 13.1 Å². The molecule has 0 amide bonds. The van der Waals surface area contributed by atoms with Crippen molar-refractivity contribution in [3.05, 3.63) is 29.3 Å². The Balaban J connectivity index is 2.19. The molecule has 106 valence electrons. The van der Waals surface area contributed by atoms with Crippen molar-refractivity contribution < 1.29 is 13.2 Å². The van der Waals surface area contributed by atoms with Crippen LogP contribution >= 0.6 is 15.9 Å². The highest BCUT2D eigenvalue weighted by Crippen LogP contribution is 2.24. The van der Waals surface area contributed by atoms with Gasteiger partial charge in [0.05, 0.1) is 17.5 Å². The standard InChI is InChI=1S/C13H18BrNO3S/c1-18-9-12(8-14)15-19(16,17)13-6-5-10-3-2-4-11(10)7-13/h5-7,12,15H,2-4,8-9H2,1H3. The zero-order valence-electron chi connectivity index (χ0n) is 10.9.